The smallest absolute Gasteiger partial charge is 0.308 e. The minimum Gasteiger partial charge on any atom is -0.481 e. The second kappa shape index (κ2) is 10.1. The van der Waals surface area contributed by atoms with Crippen LogP contribution in [0.3, 0.4) is 0 Å². The monoisotopic (exact) mass is 366 g/mol. The van der Waals surface area contributed by atoms with Crippen molar-refractivity contribution in [3.05, 3.63) is 35.4 Å². The first-order valence-electron chi connectivity index (χ1n) is 8.10. The molecule has 1 aromatic rings. The van der Waals surface area contributed by atoms with Crippen LogP contribution in [0.5, 0.6) is 0 Å². The third-order valence-electron chi connectivity index (χ3n) is 3.84. The van der Waals surface area contributed by atoms with Crippen molar-refractivity contribution in [1.82, 2.24) is 10.2 Å². The summed E-state index contributed by atoms with van der Waals surface area (Å²) in [4.78, 5) is 37.5. The van der Waals surface area contributed by atoms with Crippen LogP contribution in [0.2, 0.25) is 0 Å². The normalized spacial score (nSPS) is 13.0. The number of thioether (sulfide) groups is 1. The van der Waals surface area contributed by atoms with Crippen LogP contribution >= 0.6 is 11.8 Å². The molecule has 2 amide bonds. The molecule has 2 N–H and O–H groups in total. The van der Waals surface area contributed by atoms with E-state index in [4.69, 9.17) is 5.11 Å². The highest BCUT2D eigenvalue weighted by Gasteiger charge is 2.26. The average molecular weight is 366 g/mol. The molecule has 2 atom stereocenters. The fourth-order valence-corrected chi connectivity index (χ4v) is 2.84. The highest BCUT2D eigenvalue weighted by Crippen LogP contribution is 2.09. The second-order valence-corrected chi connectivity index (χ2v) is 7.12. The van der Waals surface area contributed by atoms with Crippen molar-refractivity contribution in [3.8, 4) is 0 Å². The maximum atomic E-state index is 12.6. The molecule has 6 nitrogen and oxygen atoms in total. The van der Waals surface area contributed by atoms with Gasteiger partial charge in [0.15, 0.2) is 0 Å². The molecule has 1 aromatic carbocycles. The molecule has 138 valence electrons. The van der Waals surface area contributed by atoms with Crippen molar-refractivity contribution in [3.63, 3.8) is 0 Å². The maximum absolute atomic E-state index is 12.6. The number of hydrogen-bond donors (Lipinski definition) is 2. The van der Waals surface area contributed by atoms with E-state index in [1.54, 1.807) is 43.9 Å². The predicted octanol–water partition coefficient (Wildman–Crippen LogP) is 2.03. The number of carbonyl (C=O) groups excluding carboxylic acids is 2. The quantitative estimate of drug-likeness (QED) is 0.698. The van der Waals surface area contributed by atoms with Gasteiger partial charge in [-0.05, 0) is 37.5 Å². The summed E-state index contributed by atoms with van der Waals surface area (Å²) in [5, 5.41) is 11.8. The van der Waals surface area contributed by atoms with Gasteiger partial charge in [-0.2, -0.15) is 11.8 Å². The van der Waals surface area contributed by atoms with Gasteiger partial charge in [0.05, 0.1) is 5.92 Å². The van der Waals surface area contributed by atoms with Gasteiger partial charge in [-0.1, -0.05) is 24.6 Å². The van der Waals surface area contributed by atoms with Crippen molar-refractivity contribution in [2.24, 2.45) is 5.92 Å². The number of nitrogens with one attached hydrogen (secondary N) is 1. The summed E-state index contributed by atoms with van der Waals surface area (Å²) < 4.78 is 0. The van der Waals surface area contributed by atoms with Crippen LogP contribution < -0.4 is 5.32 Å². The van der Waals surface area contributed by atoms with Crippen LogP contribution in [0, 0.1) is 12.8 Å². The van der Waals surface area contributed by atoms with Crippen molar-refractivity contribution in [2.45, 2.75) is 26.3 Å². The summed E-state index contributed by atoms with van der Waals surface area (Å²) in [6.07, 6.45) is 2.42. The summed E-state index contributed by atoms with van der Waals surface area (Å²) in [6, 6.07) is 6.49. The van der Waals surface area contributed by atoms with Gasteiger partial charge in [-0.3, -0.25) is 14.4 Å². The molecule has 2 unspecified atom stereocenters. The molecule has 0 aliphatic carbocycles. The number of benzene rings is 1. The zero-order valence-electron chi connectivity index (χ0n) is 15.1. The van der Waals surface area contributed by atoms with E-state index >= 15 is 0 Å². The minimum absolute atomic E-state index is 0.101. The molecule has 7 heteroatoms. The molecule has 0 bridgehead atoms. The van der Waals surface area contributed by atoms with E-state index in [0.29, 0.717) is 17.7 Å². The van der Waals surface area contributed by atoms with Crippen LogP contribution in [0.4, 0.5) is 0 Å². The standard InChI is InChI=1S/C18H26N2O4S/c1-12-6-5-7-14(10-12)16(21)19-15(8-9-25-4)17(22)20(3)11-13(2)18(23)24/h5-7,10,13,15H,8-9,11H2,1-4H3,(H,19,21)(H,23,24). The maximum Gasteiger partial charge on any atom is 0.308 e. The number of carboxylic acids is 1. The topological polar surface area (TPSA) is 86.7 Å². The number of amides is 2. The van der Waals surface area contributed by atoms with Crippen molar-refractivity contribution in [1.29, 1.82) is 0 Å². The zero-order chi connectivity index (χ0) is 19.0. The van der Waals surface area contributed by atoms with E-state index in [-0.39, 0.29) is 18.4 Å². The Morgan fingerprint density at radius 2 is 2.00 bits per heavy atom. The third kappa shape index (κ3) is 6.78. The average Bonchev–Trinajstić information content (AvgIpc) is 2.57. The van der Waals surface area contributed by atoms with E-state index in [1.807, 2.05) is 19.2 Å². The summed E-state index contributed by atoms with van der Waals surface area (Å²) in [5.74, 6) is -1.48. The molecule has 1 rings (SSSR count). The van der Waals surface area contributed by atoms with Crippen molar-refractivity contribution in [2.75, 3.05) is 25.6 Å². The molecular weight excluding hydrogens is 340 g/mol. The minimum atomic E-state index is -0.955. The molecule has 25 heavy (non-hydrogen) atoms. The van der Waals surface area contributed by atoms with E-state index < -0.39 is 17.9 Å². The SMILES string of the molecule is CSCCC(NC(=O)c1cccc(C)c1)C(=O)N(C)CC(C)C(=O)O. The summed E-state index contributed by atoms with van der Waals surface area (Å²) in [6.45, 7) is 3.55. The number of likely N-dealkylation sites (N-methyl/N-ethyl adjacent to an activating group) is 1. The molecule has 0 fully saturated rings. The Bertz CT molecular complexity index is 621. The first kappa shape index (κ1) is 21.0. The highest BCUT2D eigenvalue weighted by molar-refractivity contribution is 7.98. The first-order chi connectivity index (χ1) is 11.8. The van der Waals surface area contributed by atoms with E-state index in [0.717, 1.165) is 5.56 Å². The van der Waals surface area contributed by atoms with Crippen LogP contribution in [0.15, 0.2) is 24.3 Å². The number of carbonyl (C=O) groups is 3. The van der Waals surface area contributed by atoms with Gasteiger partial charge in [-0.25, -0.2) is 0 Å². The Morgan fingerprint density at radius 3 is 2.56 bits per heavy atom. The van der Waals surface area contributed by atoms with Crippen molar-refractivity contribution < 1.29 is 19.5 Å². The Kier molecular flexibility index (Phi) is 8.48. The molecule has 0 aromatic heterocycles. The first-order valence-corrected chi connectivity index (χ1v) is 9.50. The van der Waals surface area contributed by atoms with Crippen molar-refractivity contribution >= 4 is 29.5 Å². The van der Waals surface area contributed by atoms with Gasteiger partial charge < -0.3 is 15.3 Å². The predicted molar refractivity (Wildman–Crippen MR) is 99.9 cm³/mol. The number of rotatable bonds is 9. The lowest BCUT2D eigenvalue weighted by atomic mass is 10.1. The number of aryl methyl sites for hydroxylation is 1. The van der Waals surface area contributed by atoms with E-state index in [2.05, 4.69) is 5.32 Å². The Labute approximate surface area is 153 Å². The molecule has 0 radical (unpaired) electrons. The van der Waals surface area contributed by atoms with Crippen LogP contribution in [-0.2, 0) is 9.59 Å². The fourth-order valence-electron chi connectivity index (χ4n) is 2.37. The largest absolute Gasteiger partial charge is 0.481 e. The van der Waals surface area contributed by atoms with Gasteiger partial charge in [0.25, 0.3) is 5.91 Å². The number of hydrogen-bond acceptors (Lipinski definition) is 4. The summed E-state index contributed by atoms with van der Waals surface area (Å²) >= 11 is 1.59. The van der Waals surface area contributed by atoms with E-state index in [9.17, 15) is 14.4 Å². The van der Waals surface area contributed by atoms with Gasteiger partial charge >= 0.3 is 5.97 Å². The van der Waals surface area contributed by atoms with Crippen LogP contribution in [0.25, 0.3) is 0 Å². The summed E-state index contributed by atoms with van der Waals surface area (Å²) in [7, 11) is 1.56. The van der Waals surface area contributed by atoms with Crippen LogP contribution in [-0.4, -0.2) is 59.4 Å². The van der Waals surface area contributed by atoms with Gasteiger partial charge in [0.1, 0.15) is 6.04 Å². The van der Waals surface area contributed by atoms with Gasteiger partial charge in [-0.15, -0.1) is 0 Å². The van der Waals surface area contributed by atoms with Gasteiger partial charge in [0, 0.05) is 19.2 Å². The number of aliphatic carboxylic acids is 1. The summed E-state index contributed by atoms with van der Waals surface area (Å²) in [5.41, 5.74) is 1.47. The van der Waals surface area contributed by atoms with E-state index in [1.165, 1.54) is 4.90 Å². The molecule has 0 saturated carbocycles. The Balaban J connectivity index is 2.83. The molecule has 0 heterocycles. The Morgan fingerprint density at radius 1 is 1.32 bits per heavy atom. The lowest BCUT2D eigenvalue weighted by Crippen LogP contribution is -2.49. The lowest BCUT2D eigenvalue weighted by molar-refractivity contribution is -0.143. The molecule has 0 aliphatic heterocycles. The van der Waals surface area contributed by atoms with Gasteiger partial charge in [0.2, 0.25) is 5.91 Å². The third-order valence-corrected chi connectivity index (χ3v) is 4.48. The second-order valence-electron chi connectivity index (χ2n) is 6.14. The zero-order valence-corrected chi connectivity index (χ0v) is 15.9. The Hall–Kier alpha value is -2.02. The van der Waals surface area contributed by atoms with Crippen LogP contribution in [0.1, 0.15) is 29.3 Å². The molecule has 0 aliphatic rings. The number of nitrogens with zero attached hydrogens (tertiary/aromatic N) is 1. The molecular formula is C18H26N2O4S. The lowest BCUT2D eigenvalue weighted by Gasteiger charge is -2.26. The fraction of sp³-hybridized carbons (Fsp3) is 0.500. The number of carboxylic acid groups (broad SMARTS) is 1. The molecule has 0 spiro atoms. The highest BCUT2D eigenvalue weighted by atomic mass is 32.2. The molecule has 0 saturated heterocycles.